The monoisotopic (exact) mass is 388 g/mol. The van der Waals surface area contributed by atoms with E-state index in [1.54, 1.807) is 12.1 Å². The molecule has 0 heterocycles. The number of carbonyl (C=O) groups is 1. The second-order valence-corrected chi connectivity index (χ2v) is 9.11. The predicted octanol–water partition coefficient (Wildman–Crippen LogP) is 4.39. The van der Waals surface area contributed by atoms with Gasteiger partial charge in [0.05, 0.1) is 4.90 Å². The Labute approximate surface area is 162 Å². The zero-order valence-electron chi connectivity index (χ0n) is 16.3. The molecular weight excluding hydrogens is 360 g/mol. The van der Waals surface area contributed by atoms with Crippen LogP contribution in [0, 0.1) is 5.92 Å². The lowest BCUT2D eigenvalue weighted by Crippen LogP contribution is -2.26. The number of rotatable bonds is 8. The first kappa shape index (κ1) is 21.1. The summed E-state index contributed by atoms with van der Waals surface area (Å²) in [4.78, 5) is 12.6. The van der Waals surface area contributed by atoms with Crippen LogP contribution in [0.5, 0.6) is 0 Å². The van der Waals surface area contributed by atoms with E-state index in [-0.39, 0.29) is 10.8 Å². The summed E-state index contributed by atoms with van der Waals surface area (Å²) in [5, 5.41) is 2.81. The number of hydrogen-bond acceptors (Lipinski definition) is 3. The molecule has 0 spiro atoms. The molecule has 0 radical (unpaired) electrons. The summed E-state index contributed by atoms with van der Waals surface area (Å²) < 4.78 is 27.4. The maximum atomic E-state index is 12.5. The van der Waals surface area contributed by atoms with Crippen LogP contribution in [0.1, 0.15) is 56.0 Å². The van der Waals surface area contributed by atoms with Crippen LogP contribution in [0.3, 0.4) is 0 Å². The summed E-state index contributed by atoms with van der Waals surface area (Å²) in [6.07, 6.45) is 0.756. The summed E-state index contributed by atoms with van der Waals surface area (Å²) in [6.45, 7) is 8.65. The number of benzene rings is 2. The first-order chi connectivity index (χ1) is 12.7. The largest absolute Gasteiger partial charge is 0.322 e. The third-order valence-corrected chi connectivity index (χ3v) is 5.71. The number of anilines is 1. The highest BCUT2D eigenvalue weighted by Gasteiger charge is 2.16. The number of amides is 1. The van der Waals surface area contributed by atoms with E-state index >= 15 is 0 Å². The van der Waals surface area contributed by atoms with E-state index in [0.717, 1.165) is 6.42 Å². The van der Waals surface area contributed by atoms with Gasteiger partial charge in [-0.15, -0.1) is 0 Å². The summed E-state index contributed by atoms with van der Waals surface area (Å²) in [5.41, 5.74) is 2.16. The van der Waals surface area contributed by atoms with Crippen LogP contribution in [-0.2, 0) is 10.0 Å². The highest BCUT2D eigenvalue weighted by Crippen LogP contribution is 2.18. The first-order valence-electron chi connectivity index (χ1n) is 9.20. The standard InChI is InChI=1S/C21H28N2O3S/c1-15(2)12-13-22-27(25,26)20-7-5-6-18(14-20)21(24)23-19-10-8-17(9-11-19)16(3)4/h5-11,14-16,22H,12-13H2,1-4H3,(H,23,24). The van der Waals surface area contributed by atoms with Crippen LogP contribution >= 0.6 is 0 Å². The van der Waals surface area contributed by atoms with Crippen molar-refractivity contribution in [3.8, 4) is 0 Å². The van der Waals surface area contributed by atoms with E-state index in [0.29, 0.717) is 29.6 Å². The average Bonchev–Trinajstić information content (AvgIpc) is 2.61. The summed E-state index contributed by atoms with van der Waals surface area (Å²) in [5.74, 6) is 0.484. The molecule has 6 heteroatoms. The highest BCUT2D eigenvalue weighted by atomic mass is 32.2. The molecule has 1 amide bonds. The average molecular weight is 389 g/mol. The van der Waals surface area contributed by atoms with E-state index < -0.39 is 10.0 Å². The van der Waals surface area contributed by atoms with Crippen LogP contribution in [0.25, 0.3) is 0 Å². The van der Waals surface area contributed by atoms with E-state index in [4.69, 9.17) is 0 Å². The molecule has 146 valence electrons. The van der Waals surface area contributed by atoms with Crippen molar-refractivity contribution in [2.24, 2.45) is 5.92 Å². The van der Waals surface area contributed by atoms with Crippen molar-refractivity contribution in [1.29, 1.82) is 0 Å². The van der Waals surface area contributed by atoms with Gasteiger partial charge in [0, 0.05) is 17.8 Å². The smallest absolute Gasteiger partial charge is 0.255 e. The molecule has 5 nitrogen and oxygen atoms in total. The SMILES string of the molecule is CC(C)CCNS(=O)(=O)c1cccc(C(=O)Nc2ccc(C(C)C)cc2)c1. The number of hydrogen-bond donors (Lipinski definition) is 2. The molecule has 27 heavy (non-hydrogen) atoms. The molecule has 0 aliphatic carbocycles. The molecule has 0 unspecified atom stereocenters. The number of nitrogens with one attached hydrogen (secondary N) is 2. The van der Waals surface area contributed by atoms with Crippen LogP contribution in [-0.4, -0.2) is 20.9 Å². The second-order valence-electron chi connectivity index (χ2n) is 7.34. The molecule has 0 atom stereocenters. The molecule has 2 aromatic carbocycles. The lowest BCUT2D eigenvalue weighted by atomic mass is 10.0. The van der Waals surface area contributed by atoms with E-state index in [9.17, 15) is 13.2 Å². The molecule has 0 saturated carbocycles. The summed E-state index contributed by atoms with van der Waals surface area (Å²) >= 11 is 0. The minimum absolute atomic E-state index is 0.0917. The Kier molecular flexibility index (Phi) is 7.16. The minimum atomic E-state index is -3.63. The van der Waals surface area contributed by atoms with Crippen molar-refractivity contribution < 1.29 is 13.2 Å². The van der Waals surface area contributed by atoms with Crippen LogP contribution < -0.4 is 10.0 Å². The van der Waals surface area contributed by atoms with Gasteiger partial charge in [0.1, 0.15) is 0 Å². The molecule has 0 aliphatic heterocycles. The topological polar surface area (TPSA) is 75.3 Å². The molecule has 2 aromatic rings. The number of carbonyl (C=O) groups excluding carboxylic acids is 1. The third kappa shape index (κ3) is 6.19. The Hall–Kier alpha value is -2.18. The van der Waals surface area contributed by atoms with Crippen molar-refractivity contribution in [1.82, 2.24) is 4.72 Å². The van der Waals surface area contributed by atoms with Gasteiger partial charge in [0.2, 0.25) is 10.0 Å². The first-order valence-corrected chi connectivity index (χ1v) is 10.7. The molecule has 0 fully saturated rings. The van der Waals surface area contributed by atoms with Crippen molar-refractivity contribution in [3.63, 3.8) is 0 Å². The summed E-state index contributed by atoms with van der Waals surface area (Å²) in [7, 11) is -3.63. The van der Waals surface area contributed by atoms with Gasteiger partial charge in [-0.2, -0.15) is 0 Å². The molecular formula is C21H28N2O3S. The summed E-state index contributed by atoms with van der Waals surface area (Å²) in [6, 6.07) is 13.7. The van der Waals surface area contributed by atoms with Gasteiger partial charge in [-0.3, -0.25) is 4.79 Å². The van der Waals surface area contributed by atoms with Gasteiger partial charge in [-0.1, -0.05) is 45.9 Å². The van der Waals surface area contributed by atoms with E-state index in [1.807, 2.05) is 38.1 Å². The third-order valence-electron chi connectivity index (χ3n) is 4.26. The maximum absolute atomic E-state index is 12.5. The van der Waals surface area contributed by atoms with Crippen LogP contribution in [0.4, 0.5) is 5.69 Å². The molecule has 2 N–H and O–H groups in total. The van der Waals surface area contributed by atoms with Gasteiger partial charge < -0.3 is 5.32 Å². The molecule has 2 rings (SSSR count). The maximum Gasteiger partial charge on any atom is 0.255 e. The van der Waals surface area contributed by atoms with Crippen molar-refractivity contribution in [2.75, 3.05) is 11.9 Å². The Bertz CT molecular complexity index is 873. The molecule has 0 aromatic heterocycles. The zero-order chi connectivity index (χ0) is 20.0. The fourth-order valence-corrected chi connectivity index (χ4v) is 3.62. The predicted molar refractivity (Wildman–Crippen MR) is 110 cm³/mol. The second kappa shape index (κ2) is 9.15. The van der Waals surface area contributed by atoms with Crippen molar-refractivity contribution in [2.45, 2.75) is 44.9 Å². The fourth-order valence-electron chi connectivity index (χ4n) is 2.52. The minimum Gasteiger partial charge on any atom is -0.322 e. The highest BCUT2D eigenvalue weighted by molar-refractivity contribution is 7.89. The fraction of sp³-hybridized carbons (Fsp3) is 0.381. The Morgan fingerprint density at radius 3 is 2.26 bits per heavy atom. The van der Waals surface area contributed by atoms with E-state index in [2.05, 4.69) is 23.9 Å². The molecule has 0 saturated heterocycles. The van der Waals surface area contributed by atoms with Gasteiger partial charge in [0.25, 0.3) is 5.91 Å². The number of sulfonamides is 1. The van der Waals surface area contributed by atoms with Gasteiger partial charge in [-0.05, 0) is 54.2 Å². The zero-order valence-corrected chi connectivity index (χ0v) is 17.1. The van der Waals surface area contributed by atoms with Gasteiger partial charge >= 0.3 is 0 Å². The Morgan fingerprint density at radius 2 is 1.67 bits per heavy atom. The van der Waals surface area contributed by atoms with E-state index in [1.165, 1.54) is 17.7 Å². The Morgan fingerprint density at radius 1 is 1.00 bits per heavy atom. The van der Waals surface area contributed by atoms with Crippen molar-refractivity contribution >= 4 is 21.6 Å². The lowest BCUT2D eigenvalue weighted by Gasteiger charge is -2.11. The van der Waals surface area contributed by atoms with Gasteiger partial charge in [0.15, 0.2) is 0 Å². The van der Waals surface area contributed by atoms with Crippen LogP contribution in [0.15, 0.2) is 53.4 Å². The van der Waals surface area contributed by atoms with Crippen LogP contribution in [0.2, 0.25) is 0 Å². The lowest BCUT2D eigenvalue weighted by molar-refractivity contribution is 0.102. The van der Waals surface area contributed by atoms with Crippen molar-refractivity contribution in [3.05, 3.63) is 59.7 Å². The molecule has 0 aliphatic rings. The quantitative estimate of drug-likeness (QED) is 0.704. The van der Waals surface area contributed by atoms with Gasteiger partial charge in [-0.25, -0.2) is 13.1 Å². The molecule has 0 bridgehead atoms. The normalized spacial score (nSPS) is 11.8. The Balaban J connectivity index is 2.10.